The topological polar surface area (TPSA) is 83.8 Å². The van der Waals surface area contributed by atoms with Crippen LogP contribution in [0.3, 0.4) is 0 Å². The predicted molar refractivity (Wildman–Crippen MR) is 104 cm³/mol. The minimum Gasteiger partial charge on any atom is -0.393 e. The summed E-state index contributed by atoms with van der Waals surface area (Å²) < 4.78 is 5.22. The van der Waals surface area contributed by atoms with Crippen LogP contribution < -0.4 is 0 Å². The molecule has 154 valence electrons. The average molecular weight is 389 g/mol. The molecular weight excluding hydrogens is 356 g/mol. The Labute approximate surface area is 166 Å². The number of fused-ring (bicyclic) bond motifs is 5. The molecule has 3 saturated carbocycles. The first-order valence-electron chi connectivity index (χ1n) is 10.5. The summed E-state index contributed by atoms with van der Waals surface area (Å²) >= 11 is 0. The zero-order valence-corrected chi connectivity index (χ0v) is 17.3. The van der Waals surface area contributed by atoms with Gasteiger partial charge in [-0.3, -0.25) is 9.59 Å². The summed E-state index contributed by atoms with van der Waals surface area (Å²) in [6.45, 7) is 5.80. The highest BCUT2D eigenvalue weighted by atomic mass is 16.5. The third-order valence-corrected chi connectivity index (χ3v) is 8.78. The molecule has 0 aliphatic heterocycles. The number of methoxy groups -OCH3 is 1. The number of carbonyl (C=O) groups excluding carboxylic acids is 2. The SMILES string of the molecule is COC(C)C(=O)C1(O)CCC2C3CCC4=CC(=O)C=CC4(C)C3C(O)CC21C. The van der Waals surface area contributed by atoms with Crippen molar-refractivity contribution >= 4 is 11.6 Å². The van der Waals surface area contributed by atoms with Crippen LogP contribution in [-0.2, 0) is 14.3 Å². The Bertz CT molecular complexity index is 769. The van der Waals surface area contributed by atoms with Crippen molar-refractivity contribution in [2.75, 3.05) is 7.11 Å². The van der Waals surface area contributed by atoms with Gasteiger partial charge in [-0.05, 0) is 63.0 Å². The van der Waals surface area contributed by atoms with E-state index in [-0.39, 0.29) is 34.7 Å². The molecule has 28 heavy (non-hydrogen) atoms. The van der Waals surface area contributed by atoms with Crippen molar-refractivity contribution in [3.63, 3.8) is 0 Å². The average Bonchev–Trinajstić information content (AvgIpc) is 2.92. The van der Waals surface area contributed by atoms with E-state index in [1.807, 2.05) is 13.0 Å². The fourth-order valence-corrected chi connectivity index (χ4v) is 7.18. The monoisotopic (exact) mass is 388 g/mol. The maximum Gasteiger partial charge on any atom is 0.193 e. The molecule has 4 aliphatic rings. The molecule has 3 fully saturated rings. The summed E-state index contributed by atoms with van der Waals surface area (Å²) in [7, 11) is 1.49. The quantitative estimate of drug-likeness (QED) is 0.776. The number of ketones is 2. The van der Waals surface area contributed by atoms with Crippen LogP contribution in [0.1, 0.15) is 52.9 Å². The number of hydrogen-bond acceptors (Lipinski definition) is 5. The maximum atomic E-state index is 13.0. The zero-order valence-electron chi connectivity index (χ0n) is 17.3. The third-order valence-electron chi connectivity index (χ3n) is 8.78. The van der Waals surface area contributed by atoms with Crippen LogP contribution in [0.2, 0.25) is 0 Å². The zero-order chi connectivity index (χ0) is 20.5. The lowest BCUT2D eigenvalue weighted by Crippen LogP contribution is -2.62. The highest BCUT2D eigenvalue weighted by Gasteiger charge is 2.68. The third kappa shape index (κ3) is 2.42. The molecule has 4 aliphatic carbocycles. The lowest BCUT2D eigenvalue weighted by molar-refractivity contribution is -0.182. The number of ether oxygens (including phenoxy) is 1. The first-order chi connectivity index (χ1) is 13.1. The van der Waals surface area contributed by atoms with Crippen molar-refractivity contribution in [2.45, 2.75) is 70.7 Å². The van der Waals surface area contributed by atoms with E-state index in [9.17, 15) is 19.8 Å². The summed E-state index contributed by atoms with van der Waals surface area (Å²) in [6.07, 6.45) is 7.35. The minimum absolute atomic E-state index is 0.00669. The molecular formula is C23H32O5. The Morgan fingerprint density at radius 2 is 2.04 bits per heavy atom. The molecule has 0 radical (unpaired) electrons. The molecule has 5 nitrogen and oxygen atoms in total. The molecule has 0 bridgehead atoms. The molecule has 8 unspecified atom stereocenters. The Hall–Kier alpha value is -1.30. The van der Waals surface area contributed by atoms with E-state index in [0.29, 0.717) is 12.8 Å². The van der Waals surface area contributed by atoms with Crippen LogP contribution in [0.15, 0.2) is 23.8 Å². The number of rotatable bonds is 3. The Balaban J connectivity index is 1.72. The molecule has 0 aromatic heterocycles. The lowest BCUT2D eigenvalue weighted by Gasteiger charge is -2.59. The Morgan fingerprint density at radius 1 is 1.32 bits per heavy atom. The Morgan fingerprint density at radius 3 is 2.71 bits per heavy atom. The van der Waals surface area contributed by atoms with Crippen LogP contribution in [0.5, 0.6) is 0 Å². The van der Waals surface area contributed by atoms with Crippen molar-refractivity contribution in [3.05, 3.63) is 23.8 Å². The molecule has 4 rings (SSSR count). The van der Waals surface area contributed by atoms with Crippen LogP contribution in [0, 0.1) is 28.6 Å². The number of Topliss-reactive ketones (excluding diaryl/α,β-unsaturated/α-hetero) is 1. The van der Waals surface area contributed by atoms with Gasteiger partial charge >= 0.3 is 0 Å². The van der Waals surface area contributed by atoms with Crippen molar-refractivity contribution in [2.24, 2.45) is 28.6 Å². The molecule has 0 saturated heterocycles. The number of aliphatic hydroxyl groups is 2. The fourth-order valence-electron chi connectivity index (χ4n) is 7.18. The fraction of sp³-hybridized carbons (Fsp3) is 0.739. The number of aliphatic hydroxyl groups excluding tert-OH is 1. The van der Waals surface area contributed by atoms with Crippen molar-refractivity contribution in [1.82, 2.24) is 0 Å². The second-order valence-corrected chi connectivity index (χ2v) is 9.85. The Kier molecular flexibility index (Phi) is 4.53. The standard InChI is InChI=1S/C23H32O5/c1-13(28-4)20(26)23(27)10-8-17-16-6-5-14-11-15(24)7-9-21(14,2)19(16)18(25)12-22(17,23)3/h7,9,11,13,16-19,25,27H,5-6,8,10,12H2,1-4H3. The van der Waals surface area contributed by atoms with Gasteiger partial charge in [0.15, 0.2) is 11.6 Å². The molecule has 0 amide bonds. The predicted octanol–water partition coefficient (Wildman–Crippen LogP) is 2.60. The molecule has 0 aromatic rings. The van der Waals surface area contributed by atoms with Crippen LogP contribution >= 0.6 is 0 Å². The molecule has 0 spiro atoms. The highest BCUT2D eigenvalue weighted by Crippen LogP contribution is 2.67. The van der Waals surface area contributed by atoms with Crippen LogP contribution in [0.25, 0.3) is 0 Å². The van der Waals surface area contributed by atoms with E-state index in [2.05, 4.69) is 6.92 Å². The van der Waals surface area contributed by atoms with E-state index >= 15 is 0 Å². The number of carbonyl (C=O) groups is 2. The summed E-state index contributed by atoms with van der Waals surface area (Å²) in [5, 5.41) is 22.8. The van der Waals surface area contributed by atoms with Crippen molar-refractivity contribution in [1.29, 1.82) is 0 Å². The number of hydrogen-bond donors (Lipinski definition) is 2. The smallest absolute Gasteiger partial charge is 0.193 e. The van der Waals surface area contributed by atoms with E-state index in [0.717, 1.165) is 24.8 Å². The number of allylic oxidation sites excluding steroid dienone is 4. The first kappa shape index (κ1) is 20.0. The molecule has 5 heteroatoms. The largest absolute Gasteiger partial charge is 0.393 e. The van der Waals surface area contributed by atoms with Gasteiger partial charge in [-0.15, -0.1) is 0 Å². The van der Waals surface area contributed by atoms with Gasteiger partial charge in [0.05, 0.1) is 6.10 Å². The van der Waals surface area contributed by atoms with Crippen molar-refractivity contribution < 1.29 is 24.5 Å². The summed E-state index contributed by atoms with van der Waals surface area (Å²) in [5.74, 6) is 0.149. The molecule has 0 heterocycles. The van der Waals surface area contributed by atoms with Gasteiger partial charge in [0, 0.05) is 23.9 Å². The van der Waals surface area contributed by atoms with Gasteiger partial charge in [-0.25, -0.2) is 0 Å². The van der Waals surface area contributed by atoms with Crippen LogP contribution in [0.4, 0.5) is 0 Å². The van der Waals surface area contributed by atoms with Gasteiger partial charge in [0.1, 0.15) is 11.7 Å². The van der Waals surface area contributed by atoms with Gasteiger partial charge < -0.3 is 14.9 Å². The molecule has 8 atom stereocenters. The first-order valence-corrected chi connectivity index (χ1v) is 10.5. The van der Waals surface area contributed by atoms with E-state index in [4.69, 9.17) is 4.74 Å². The normalized spacial score (nSPS) is 48.4. The van der Waals surface area contributed by atoms with E-state index in [1.165, 1.54) is 7.11 Å². The highest BCUT2D eigenvalue weighted by molar-refractivity contribution is 6.01. The van der Waals surface area contributed by atoms with Gasteiger partial charge in [-0.2, -0.15) is 0 Å². The van der Waals surface area contributed by atoms with E-state index < -0.39 is 23.2 Å². The second-order valence-electron chi connectivity index (χ2n) is 9.85. The van der Waals surface area contributed by atoms with Crippen molar-refractivity contribution in [3.8, 4) is 0 Å². The molecule has 0 aromatic carbocycles. The summed E-state index contributed by atoms with van der Waals surface area (Å²) in [4.78, 5) is 24.9. The van der Waals surface area contributed by atoms with Crippen LogP contribution in [-0.4, -0.2) is 46.7 Å². The lowest BCUT2D eigenvalue weighted by atomic mass is 9.46. The molecule has 2 N–H and O–H groups in total. The second kappa shape index (κ2) is 6.35. The van der Waals surface area contributed by atoms with E-state index in [1.54, 1.807) is 19.1 Å². The summed E-state index contributed by atoms with van der Waals surface area (Å²) in [5.41, 5.74) is -1.35. The van der Waals surface area contributed by atoms with Gasteiger partial charge in [0.2, 0.25) is 0 Å². The van der Waals surface area contributed by atoms with Gasteiger partial charge in [0.25, 0.3) is 0 Å². The summed E-state index contributed by atoms with van der Waals surface area (Å²) in [6, 6.07) is 0. The maximum absolute atomic E-state index is 13.0. The van der Waals surface area contributed by atoms with Gasteiger partial charge in [-0.1, -0.05) is 25.5 Å². The minimum atomic E-state index is -1.46.